The Balaban J connectivity index is 1.29. The molecule has 2 aromatic heterocycles. The smallest absolute Gasteiger partial charge is 0.226 e. The van der Waals surface area contributed by atoms with E-state index in [4.69, 9.17) is 4.42 Å². The van der Waals surface area contributed by atoms with Crippen molar-refractivity contribution in [2.24, 2.45) is 4.99 Å². The van der Waals surface area contributed by atoms with Crippen LogP contribution in [0.25, 0.3) is 11.5 Å². The van der Waals surface area contributed by atoms with Gasteiger partial charge < -0.3 is 15.1 Å². The molecule has 6 nitrogen and oxygen atoms in total. The molecule has 4 rings (SSSR count). The van der Waals surface area contributed by atoms with E-state index in [2.05, 4.69) is 62.9 Å². The maximum absolute atomic E-state index is 5.64. The van der Waals surface area contributed by atoms with E-state index >= 15 is 0 Å². The molecule has 158 valence electrons. The first-order valence-electron chi connectivity index (χ1n) is 10.5. The quantitative estimate of drug-likeness (QED) is 0.447. The zero-order valence-electron chi connectivity index (χ0n) is 17.6. The summed E-state index contributed by atoms with van der Waals surface area (Å²) in [6, 6.07) is 10.4. The largest absolute Gasteiger partial charge is 0.444 e. The van der Waals surface area contributed by atoms with Crippen molar-refractivity contribution in [1.29, 1.82) is 0 Å². The number of hydrogen-bond acceptors (Lipinski definition) is 5. The molecule has 1 aliphatic heterocycles. The lowest BCUT2D eigenvalue weighted by Gasteiger charge is -2.27. The van der Waals surface area contributed by atoms with Gasteiger partial charge in [-0.05, 0) is 49.4 Å². The molecule has 0 spiro atoms. The lowest BCUT2D eigenvalue weighted by molar-refractivity contribution is 0.260. The fourth-order valence-corrected chi connectivity index (χ4v) is 4.43. The number of benzene rings is 1. The molecular weight excluding hydrogens is 394 g/mol. The number of aliphatic imine (C=N–C) groups is 1. The number of aryl methyl sites for hydroxylation is 1. The van der Waals surface area contributed by atoms with E-state index < -0.39 is 0 Å². The first-order chi connectivity index (χ1) is 14.7. The average molecular weight is 424 g/mol. The summed E-state index contributed by atoms with van der Waals surface area (Å²) in [6.45, 7) is 9.48. The van der Waals surface area contributed by atoms with Gasteiger partial charge in [0, 0.05) is 43.2 Å². The van der Waals surface area contributed by atoms with Crippen LogP contribution in [0.3, 0.4) is 0 Å². The molecule has 0 aliphatic carbocycles. The fraction of sp³-hybridized carbons (Fsp3) is 0.391. The van der Waals surface area contributed by atoms with Crippen molar-refractivity contribution < 1.29 is 4.42 Å². The minimum Gasteiger partial charge on any atom is -0.444 e. The van der Waals surface area contributed by atoms with E-state index in [-0.39, 0.29) is 0 Å². The second kappa shape index (κ2) is 9.91. The first kappa shape index (κ1) is 20.6. The molecular formula is C23H29N5OS. The molecule has 2 N–H and O–H groups in total. The minimum atomic E-state index is 0.479. The van der Waals surface area contributed by atoms with Crippen molar-refractivity contribution >= 4 is 17.3 Å². The number of nitrogens with one attached hydrogen (secondary N) is 2. The minimum absolute atomic E-state index is 0.479. The van der Waals surface area contributed by atoms with Gasteiger partial charge in [-0.3, -0.25) is 4.90 Å². The zero-order chi connectivity index (χ0) is 20.8. The maximum atomic E-state index is 5.64. The van der Waals surface area contributed by atoms with Crippen LogP contribution in [0.15, 0.2) is 51.4 Å². The van der Waals surface area contributed by atoms with Gasteiger partial charge in [0.25, 0.3) is 0 Å². The van der Waals surface area contributed by atoms with Crippen LogP contribution >= 0.6 is 11.3 Å². The van der Waals surface area contributed by atoms with Crippen LogP contribution in [0.1, 0.15) is 28.6 Å². The molecule has 0 unspecified atom stereocenters. The molecule has 7 heteroatoms. The Kier molecular flexibility index (Phi) is 6.81. The Bertz CT molecular complexity index is 976. The second-order valence-corrected chi connectivity index (χ2v) is 8.53. The van der Waals surface area contributed by atoms with Gasteiger partial charge in [0.1, 0.15) is 12.0 Å². The average Bonchev–Trinajstić information content (AvgIpc) is 3.42. The Morgan fingerprint density at radius 1 is 1.23 bits per heavy atom. The molecule has 1 aliphatic rings. The summed E-state index contributed by atoms with van der Waals surface area (Å²) in [7, 11) is 0. The fourth-order valence-electron chi connectivity index (χ4n) is 3.54. The molecule has 0 fully saturated rings. The normalized spacial score (nSPS) is 14.5. The van der Waals surface area contributed by atoms with E-state index in [0.29, 0.717) is 12.4 Å². The lowest BCUT2D eigenvalue weighted by atomic mass is 10.1. The highest BCUT2D eigenvalue weighted by atomic mass is 32.1. The lowest BCUT2D eigenvalue weighted by Crippen LogP contribution is -2.42. The molecule has 3 aromatic rings. The molecule has 3 heterocycles. The summed E-state index contributed by atoms with van der Waals surface area (Å²) in [5.41, 5.74) is 4.51. The maximum Gasteiger partial charge on any atom is 0.226 e. The molecule has 0 atom stereocenters. The molecule has 0 amide bonds. The predicted molar refractivity (Wildman–Crippen MR) is 123 cm³/mol. The molecule has 30 heavy (non-hydrogen) atoms. The molecule has 0 radical (unpaired) electrons. The van der Waals surface area contributed by atoms with Gasteiger partial charge in [-0.1, -0.05) is 17.7 Å². The summed E-state index contributed by atoms with van der Waals surface area (Å²) < 4.78 is 5.64. The standard InChI is InChI=1S/C23H29N5OS/c1-3-24-23(25-10-12-28-11-8-21-19(15-28)9-13-30-21)26-14-20-16-29-22(27-20)18-6-4-17(2)5-7-18/h4-7,9,13,16H,3,8,10-12,14-15H2,1-2H3,(H2,24,25,26). The van der Waals surface area contributed by atoms with Gasteiger partial charge in [0.15, 0.2) is 5.96 Å². The number of guanidine groups is 1. The first-order valence-corrected chi connectivity index (χ1v) is 11.4. The van der Waals surface area contributed by atoms with Crippen LogP contribution in [-0.4, -0.2) is 42.0 Å². The van der Waals surface area contributed by atoms with Gasteiger partial charge in [0.05, 0.1) is 6.54 Å². The SMILES string of the molecule is CCNC(=NCc1coc(-c2ccc(C)cc2)n1)NCCN1CCc2sccc2C1. The number of hydrogen-bond donors (Lipinski definition) is 2. The van der Waals surface area contributed by atoms with E-state index in [0.717, 1.165) is 56.4 Å². The van der Waals surface area contributed by atoms with Crippen LogP contribution < -0.4 is 10.6 Å². The van der Waals surface area contributed by atoms with E-state index in [1.165, 1.54) is 11.1 Å². The summed E-state index contributed by atoms with van der Waals surface area (Å²) in [6.07, 6.45) is 2.85. The van der Waals surface area contributed by atoms with Gasteiger partial charge in [0.2, 0.25) is 5.89 Å². The second-order valence-electron chi connectivity index (χ2n) is 7.53. The van der Waals surface area contributed by atoms with Crippen LogP contribution in [0.2, 0.25) is 0 Å². The van der Waals surface area contributed by atoms with Gasteiger partial charge in [-0.15, -0.1) is 11.3 Å². The number of nitrogens with zero attached hydrogens (tertiary/aromatic N) is 3. The summed E-state index contributed by atoms with van der Waals surface area (Å²) >= 11 is 1.88. The van der Waals surface area contributed by atoms with Crippen molar-refractivity contribution in [2.75, 3.05) is 26.2 Å². The number of thiophene rings is 1. The Labute approximate surface area is 182 Å². The molecule has 0 saturated carbocycles. The van der Waals surface area contributed by atoms with Crippen LogP contribution in [0.4, 0.5) is 0 Å². The molecule has 0 saturated heterocycles. The highest BCUT2D eigenvalue weighted by molar-refractivity contribution is 7.10. The van der Waals surface area contributed by atoms with Gasteiger partial charge in [-0.2, -0.15) is 0 Å². The van der Waals surface area contributed by atoms with Crippen LogP contribution in [0.5, 0.6) is 0 Å². The Morgan fingerprint density at radius 2 is 2.10 bits per heavy atom. The van der Waals surface area contributed by atoms with Crippen LogP contribution in [0, 0.1) is 6.92 Å². The Morgan fingerprint density at radius 3 is 2.93 bits per heavy atom. The van der Waals surface area contributed by atoms with Crippen molar-refractivity contribution in [1.82, 2.24) is 20.5 Å². The van der Waals surface area contributed by atoms with Crippen molar-refractivity contribution in [3.63, 3.8) is 0 Å². The van der Waals surface area contributed by atoms with E-state index in [1.54, 1.807) is 11.1 Å². The highest BCUT2D eigenvalue weighted by Gasteiger charge is 2.16. The number of oxazole rings is 1. The van der Waals surface area contributed by atoms with Gasteiger partial charge in [-0.25, -0.2) is 9.98 Å². The molecule has 0 bridgehead atoms. The summed E-state index contributed by atoms with van der Waals surface area (Å²) in [5.74, 6) is 1.45. The third-order valence-corrected chi connectivity index (χ3v) is 6.22. The van der Waals surface area contributed by atoms with E-state index in [1.807, 2.05) is 23.5 Å². The van der Waals surface area contributed by atoms with Crippen molar-refractivity contribution in [3.05, 3.63) is 63.7 Å². The number of rotatable bonds is 7. The monoisotopic (exact) mass is 423 g/mol. The zero-order valence-corrected chi connectivity index (χ0v) is 18.5. The van der Waals surface area contributed by atoms with Crippen molar-refractivity contribution in [3.8, 4) is 11.5 Å². The molecule has 1 aromatic carbocycles. The van der Waals surface area contributed by atoms with Gasteiger partial charge >= 0.3 is 0 Å². The van der Waals surface area contributed by atoms with E-state index in [9.17, 15) is 0 Å². The predicted octanol–water partition coefficient (Wildman–Crippen LogP) is 3.82. The third kappa shape index (κ3) is 5.29. The van der Waals surface area contributed by atoms with Crippen molar-refractivity contribution in [2.45, 2.75) is 33.4 Å². The summed E-state index contributed by atoms with van der Waals surface area (Å²) in [5, 5.41) is 8.96. The highest BCUT2D eigenvalue weighted by Crippen LogP contribution is 2.23. The Hall–Kier alpha value is -2.64. The number of fused-ring (bicyclic) bond motifs is 1. The third-order valence-electron chi connectivity index (χ3n) is 5.20. The summed E-state index contributed by atoms with van der Waals surface area (Å²) in [4.78, 5) is 13.3. The van der Waals surface area contributed by atoms with Crippen LogP contribution in [-0.2, 0) is 19.5 Å². The number of aromatic nitrogens is 1. The topological polar surface area (TPSA) is 65.7 Å².